The number of halogens is 3. The van der Waals surface area contributed by atoms with Crippen molar-refractivity contribution in [3.05, 3.63) is 35.9 Å². The fourth-order valence-electron chi connectivity index (χ4n) is 8.24. The van der Waals surface area contributed by atoms with Crippen LogP contribution in [-0.4, -0.2) is 140 Å². The van der Waals surface area contributed by atoms with Gasteiger partial charge in [0, 0.05) is 33.2 Å². The molecule has 0 aromatic heterocycles. The van der Waals surface area contributed by atoms with Crippen molar-refractivity contribution in [1.29, 1.82) is 0 Å². The van der Waals surface area contributed by atoms with Gasteiger partial charge in [0.2, 0.25) is 23.6 Å². The SMILES string of the molecule is CC[C@H](C)[C@@H]([C@@H](CC(=O)N1CCC[C@H]1[C@H](OC)[C@@H](C)C(=O)N[C@@H](Cc1ccccc1)C(=O)OC)OC)N(C)[C@H](C(=O)NC(=O)[C@@]1(C)CCCN1)C(C)C.O=C(O)C(F)(F)F. The maximum atomic E-state index is 14.2. The molecule has 0 spiro atoms. The fourth-order valence-corrected chi connectivity index (χ4v) is 8.24. The molecule has 0 aliphatic carbocycles. The zero-order chi connectivity index (χ0) is 45.5. The van der Waals surface area contributed by atoms with E-state index in [1.807, 2.05) is 63.1 Å². The molecule has 2 fully saturated rings. The minimum Gasteiger partial charge on any atom is -0.475 e. The molecule has 2 aliphatic heterocycles. The quantitative estimate of drug-likeness (QED) is 0.148. The number of hydrogen-bond donors (Lipinski definition) is 4. The van der Waals surface area contributed by atoms with Gasteiger partial charge in [0.05, 0.1) is 49.3 Å². The molecule has 340 valence electrons. The summed E-state index contributed by atoms with van der Waals surface area (Å²) in [5, 5.41) is 15.9. The highest BCUT2D eigenvalue weighted by Gasteiger charge is 2.45. The standard InChI is InChI=1S/C40H65N5O8.C2HF3O2/c1-11-26(4)34(44(7)33(25(2)3)37(48)43-39(50)40(6)20-16-21-41-40)31(51-8)24-32(46)45-22-15-19-30(45)35(52-9)27(5)36(47)42-29(38(49)53-10)23-28-17-13-12-14-18-28;3-2(4,5)1(6)7/h12-14,17-18,25-27,29-31,33-35,41H,11,15-16,19-24H2,1-10H3,(H,42,47)(H,43,48,50);(H,6,7)/t26-,27+,29-,30-,31+,33-,34-,35+,40+;/m0./s1. The predicted octanol–water partition coefficient (Wildman–Crippen LogP) is 3.72. The van der Waals surface area contributed by atoms with Gasteiger partial charge in [-0.25, -0.2) is 9.59 Å². The third-order valence-electron chi connectivity index (χ3n) is 11.7. The first-order chi connectivity index (χ1) is 28.1. The van der Waals surface area contributed by atoms with Crippen molar-refractivity contribution in [2.75, 3.05) is 41.5 Å². The van der Waals surface area contributed by atoms with Gasteiger partial charge in [-0.05, 0) is 63.6 Å². The number of likely N-dealkylation sites (N-methyl/N-ethyl adjacent to an activating group) is 1. The van der Waals surface area contributed by atoms with Crippen molar-refractivity contribution in [2.45, 2.75) is 135 Å². The average molecular weight is 858 g/mol. The normalized spacial score (nSPS) is 21.4. The maximum Gasteiger partial charge on any atom is 0.490 e. The van der Waals surface area contributed by atoms with Crippen LogP contribution in [0, 0.1) is 17.8 Å². The van der Waals surface area contributed by atoms with E-state index in [1.165, 1.54) is 14.2 Å². The summed E-state index contributed by atoms with van der Waals surface area (Å²) in [7, 11) is 6.28. The number of carboxylic acids is 1. The Bertz CT molecular complexity index is 1580. The van der Waals surface area contributed by atoms with Crippen molar-refractivity contribution in [3.8, 4) is 0 Å². The third kappa shape index (κ3) is 14.2. The lowest BCUT2D eigenvalue weighted by molar-refractivity contribution is -0.192. The largest absolute Gasteiger partial charge is 0.490 e. The van der Waals surface area contributed by atoms with E-state index >= 15 is 0 Å². The lowest BCUT2D eigenvalue weighted by Gasteiger charge is -2.43. The van der Waals surface area contributed by atoms with Crippen LogP contribution in [0.2, 0.25) is 0 Å². The minimum absolute atomic E-state index is 0.0416. The van der Waals surface area contributed by atoms with Gasteiger partial charge in [0.1, 0.15) is 6.04 Å². The summed E-state index contributed by atoms with van der Waals surface area (Å²) in [5.74, 6) is -5.29. The molecule has 9 atom stereocenters. The van der Waals surface area contributed by atoms with Crippen LogP contribution in [0.4, 0.5) is 13.2 Å². The minimum atomic E-state index is -5.08. The summed E-state index contributed by atoms with van der Waals surface area (Å²) in [5.41, 5.74) is 0.0913. The molecule has 1 aromatic carbocycles. The molecular weight excluding hydrogens is 791 g/mol. The summed E-state index contributed by atoms with van der Waals surface area (Å²) in [6, 6.07) is 7.16. The van der Waals surface area contributed by atoms with Crippen molar-refractivity contribution in [1.82, 2.24) is 25.8 Å². The monoisotopic (exact) mass is 857 g/mol. The summed E-state index contributed by atoms with van der Waals surface area (Å²) in [4.78, 5) is 80.2. The Morgan fingerprint density at radius 3 is 2.10 bits per heavy atom. The molecule has 60 heavy (non-hydrogen) atoms. The number of methoxy groups -OCH3 is 3. The van der Waals surface area contributed by atoms with Crippen LogP contribution >= 0.6 is 0 Å². The zero-order valence-corrected chi connectivity index (χ0v) is 36.6. The summed E-state index contributed by atoms with van der Waals surface area (Å²) >= 11 is 0. The van der Waals surface area contributed by atoms with Gasteiger partial charge in [0.15, 0.2) is 0 Å². The van der Waals surface area contributed by atoms with Crippen LogP contribution in [0.25, 0.3) is 0 Å². The predicted molar refractivity (Wildman–Crippen MR) is 216 cm³/mol. The van der Waals surface area contributed by atoms with E-state index in [9.17, 15) is 37.1 Å². The van der Waals surface area contributed by atoms with Gasteiger partial charge in [-0.15, -0.1) is 0 Å². The Balaban J connectivity index is 0.00000162. The van der Waals surface area contributed by atoms with E-state index in [1.54, 1.807) is 18.9 Å². The average Bonchev–Trinajstić information content (AvgIpc) is 3.87. The molecule has 3 rings (SSSR count). The Morgan fingerprint density at radius 2 is 1.62 bits per heavy atom. The Labute approximate surface area is 351 Å². The van der Waals surface area contributed by atoms with Crippen molar-refractivity contribution in [2.24, 2.45) is 17.8 Å². The number of imide groups is 1. The number of aliphatic carboxylic acids is 1. The number of carbonyl (C=O) groups excluding carboxylic acids is 5. The topological polar surface area (TPSA) is 193 Å². The van der Waals surface area contributed by atoms with Crippen molar-refractivity contribution >= 4 is 35.6 Å². The van der Waals surface area contributed by atoms with E-state index in [2.05, 4.69) is 29.8 Å². The highest BCUT2D eigenvalue weighted by molar-refractivity contribution is 6.02. The number of hydrogen-bond acceptors (Lipinski definition) is 11. The molecule has 0 unspecified atom stereocenters. The molecule has 18 heteroatoms. The second-order valence-electron chi connectivity index (χ2n) is 16.3. The number of carboxylic acid groups (broad SMARTS) is 1. The van der Waals surface area contributed by atoms with E-state index < -0.39 is 53.9 Å². The van der Waals surface area contributed by atoms with E-state index in [4.69, 9.17) is 24.1 Å². The third-order valence-corrected chi connectivity index (χ3v) is 11.7. The molecule has 0 radical (unpaired) electrons. The van der Waals surface area contributed by atoms with Crippen LogP contribution in [0.5, 0.6) is 0 Å². The maximum absolute atomic E-state index is 14.2. The van der Waals surface area contributed by atoms with Crippen LogP contribution in [0.15, 0.2) is 30.3 Å². The highest BCUT2D eigenvalue weighted by Crippen LogP contribution is 2.31. The molecule has 1 aromatic rings. The lowest BCUT2D eigenvalue weighted by atomic mass is 9.87. The summed E-state index contributed by atoms with van der Waals surface area (Å²) in [6.07, 6.45) is -2.26. The number of likely N-dealkylation sites (tertiary alicyclic amines) is 1. The van der Waals surface area contributed by atoms with Gasteiger partial charge in [0.25, 0.3) is 0 Å². The zero-order valence-electron chi connectivity index (χ0n) is 36.6. The second-order valence-corrected chi connectivity index (χ2v) is 16.3. The van der Waals surface area contributed by atoms with Crippen LogP contribution in [0.1, 0.15) is 85.6 Å². The molecule has 4 N–H and O–H groups in total. The van der Waals surface area contributed by atoms with Gasteiger partial charge >= 0.3 is 18.1 Å². The number of rotatable bonds is 19. The number of esters is 1. The van der Waals surface area contributed by atoms with Crippen molar-refractivity contribution < 1.29 is 61.3 Å². The first-order valence-electron chi connectivity index (χ1n) is 20.5. The Kier molecular flexibility index (Phi) is 20.6. The van der Waals surface area contributed by atoms with Crippen LogP contribution < -0.4 is 16.0 Å². The number of carbonyl (C=O) groups is 6. The smallest absolute Gasteiger partial charge is 0.475 e. The first kappa shape index (κ1) is 52.0. The van der Waals surface area contributed by atoms with Gasteiger partial charge in [-0.1, -0.05) is 71.4 Å². The van der Waals surface area contributed by atoms with Crippen LogP contribution in [0.3, 0.4) is 0 Å². The van der Waals surface area contributed by atoms with Gasteiger partial charge in [-0.3, -0.25) is 29.4 Å². The molecule has 2 heterocycles. The molecule has 2 saturated heterocycles. The number of nitrogens with zero attached hydrogens (tertiary/aromatic N) is 2. The van der Waals surface area contributed by atoms with Crippen LogP contribution in [-0.2, 0) is 49.4 Å². The van der Waals surface area contributed by atoms with E-state index in [0.29, 0.717) is 19.4 Å². The first-order valence-corrected chi connectivity index (χ1v) is 20.5. The Hall–Kier alpha value is -4.13. The molecule has 2 aliphatic rings. The van der Waals surface area contributed by atoms with E-state index in [0.717, 1.165) is 31.4 Å². The fraction of sp³-hybridized carbons (Fsp3) is 0.714. The lowest BCUT2D eigenvalue weighted by Crippen LogP contribution is -2.61. The second kappa shape index (κ2) is 23.8. The number of nitrogens with one attached hydrogen (secondary N) is 3. The summed E-state index contributed by atoms with van der Waals surface area (Å²) < 4.78 is 48.7. The Morgan fingerprint density at radius 1 is 1.00 bits per heavy atom. The number of ether oxygens (including phenoxy) is 3. The number of benzene rings is 1. The highest BCUT2D eigenvalue weighted by atomic mass is 19.4. The van der Waals surface area contributed by atoms with Gasteiger partial charge < -0.3 is 34.9 Å². The molecule has 4 amide bonds. The number of alkyl halides is 3. The van der Waals surface area contributed by atoms with E-state index in [-0.39, 0.29) is 60.4 Å². The van der Waals surface area contributed by atoms with Gasteiger partial charge in [-0.2, -0.15) is 13.2 Å². The molecule has 0 saturated carbocycles. The van der Waals surface area contributed by atoms with Crippen molar-refractivity contribution in [3.63, 3.8) is 0 Å². The summed E-state index contributed by atoms with van der Waals surface area (Å²) in [6.45, 7) is 12.9. The number of amides is 4. The molecule has 0 bridgehead atoms. The molecule has 15 nitrogen and oxygen atoms in total. The molecular formula is C42H66F3N5O10.